The lowest BCUT2D eigenvalue weighted by Crippen LogP contribution is -2.02. The van der Waals surface area contributed by atoms with E-state index >= 15 is 0 Å². The van der Waals surface area contributed by atoms with Gasteiger partial charge in [-0.25, -0.2) is 9.07 Å². The third kappa shape index (κ3) is 2.31. The largest absolute Gasteiger partial charge is 0.294 e. The highest BCUT2D eigenvalue weighted by atomic mass is 19.1. The predicted octanol–water partition coefficient (Wildman–Crippen LogP) is 2.73. The summed E-state index contributed by atoms with van der Waals surface area (Å²) in [6.45, 7) is 4.47. The highest BCUT2D eigenvalue weighted by molar-refractivity contribution is 6.06. The maximum atomic E-state index is 12.9. The SMILES string of the molecule is CC(=O)c1nn(-c2ccc(F)cc2)c(C)c1C(C)=O. The Hall–Kier alpha value is -2.30. The molecule has 4 nitrogen and oxygen atoms in total. The summed E-state index contributed by atoms with van der Waals surface area (Å²) in [4.78, 5) is 23.2. The number of carbonyl (C=O) groups excluding carboxylic acids is 2. The zero-order chi connectivity index (χ0) is 14.2. The molecule has 2 rings (SSSR count). The van der Waals surface area contributed by atoms with E-state index in [9.17, 15) is 14.0 Å². The van der Waals surface area contributed by atoms with Gasteiger partial charge in [-0.2, -0.15) is 5.10 Å². The maximum absolute atomic E-state index is 12.9. The lowest BCUT2D eigenvalue weighted by atomic mass is 10.1. The molecule has 2 aromatic rings. The van der Waals surface area contributed by atoms with E-state index in [2.05, 4.69) is 5.10 Å². The topological polar surface area (TPSA) is 52.0 Å². The van der Waals surface area contributed by atoms with Gasteiger partial charge in [-0.1, -0.05) is 0 Å². The number of aromatic nitrogens is 2. The minimum Gasteiger partial charge on any atom is -0.294 e. The van der Waals surface area contributed by atoms with Crippen molar-refractivity contribution in [3.63, 3.8) is 0 Å². The number of benzene rings is 1. The first-order valence-corrected chi connectivity index (χ1v) is 5.79. The van der Waals surface area contributed by atoms with Gasteiger partial charge in [-0.05, 0) is 38.1 Å². The van der Waals surface area contributed by atoms with E-state index in [0.717, 1.165) is 0 Å². The minimum atomic E-state index is -0.354. The van der Waals surface area contributed by atoms with Crippen LogP contribution >= 0.6 is 0 Å². The molecule has 0 fully saturated rings. The number of ketones is 2. The molecule has 0 spiro atoms. The molecule has 0 radical (unpaired) electrons. The number of carbonyl (C=O) groups is 2. The second kappa shape index (κ2) is 4.76. The summed E-state index contributed by atoms with van der Waals surface area (Å²) in [6.07, 6.45) is 0. The lowest BCUT2D eigenvalue weighted by molar-refractivity contribution is 0.0978. The molecule has 1 aromatic heterocycles. The average molecular weight is 260 g/mol. The molecule has 0 amide bonds. The first kappa shape index (κ1) is 13.1. The van der Waals surface area contributed by atoms with Crippen molar-refractivity contribution in [1.29, 1.82) is 0 Å². The molecule has 0 bridgehead atoms. The summed E-state index contributed by atoms with van der Waals surface area (Å²) >= 11 is 0. The Morgan fingerprint density at radius 2 is 1.68 bits per heavy atom. The molecule has 0 saturated heterocycles. The third-order valence-electron chi connectivity index (χ3n) is 2.87. The third-order valence-corrected chi connectivity index (χ3v) is 2.87. The van der Waals surface area contributed by atoms with Crippen LogP contribution in [0.2, 0.25) is 0 Å². The van der Waals surface area contributed by atoms with Crippen molar-refractivity contribution in [3.8, 4) is 5.69 Å². The summed E-state index contributed by atoms with van der Waals surface area (Å²) in [7, 11) is 0. The number of rotatable bonds is 3. The highest BCUT2D eigenvalue weighted by Crippen LogP contribution is 2.19. The van der Waals surface area contributed by atoms with Gasteiger partial charge >= 0.3 is 0 Å². The second-order valence-electron chi connectivity index (χ2n) is 4.31. The molecule has 0 N–H and O–H groups in total. The van der Waals surface area contributed by atoms with Gasteiger partial charge in [0.2, 0.25) is 0 Å². The molecule has 1 aromatic carbocycles. The monoisotopic (exact) mass is 260 g/mol. The predicted molar refractivity (Wildman–Crippen MR) is 68.3 cm³/mol. The normalized spacial score (nSPS) is 10.5. The van der Waals surface area contributed by atoms with Crippen LogP contribution in [0.25, 0.3) is 5.69 Å². The summed E-state index contributed by atoms with van der Waals surface area (Å²) in [5.74, 6) is -0.836. The molecule has 0 atom stereocenters. The second-order valence-corrected chi connectivity index (χ2v) is 4.31. The Morgan fingerprint density at radius 3 is 2.11 bits per heavy atom. The molecule has 0 aliphatic carbocycles. The zero-order valence-electron chi connectivity index (χ0n) is 10.9. The molecular weight excluding hydrogens is 247 g/mol. The standard InChI is InChI=1S/C14H13FN2O2/c1-8-13(9(2)18)14(10(3)19)16-17(8)12-6-4-11(15)5-7-12/h4-7H,1-3H3. The average Bonchev–Trinajstić information content (AvgIpc) is 2.68. The van der Waals surface area contributed by atoms with Gasteiger partial charge in [0.25, 0.3) is 0 Å². The fourth-order valence-electron chi connectivity index (χ4n) is 2.00. The molecule has 5 heteroatoms. The van der Waals surface area contributed by atoms with Crippen molar-refractivity contribution in [1.82, 2.24) is 9.78 Å². The van der Waals surface area contributed by atoms with Gasteiger partial charge in [0, 0.05) is 6.92 Å². The fraction of sp³-hybridized carbons (Fsp3) is 0.214. The molecule has 19 heavy (non-hydrogen) atoms. The summed E-state index contributed by atoms with van der Waals surface area (Å²) in [6, 6.07) is 5.70. The van der Waals surface area contributed by atoms with Crippen LogP contribution in [-0.2, 0) is 0 Å². The highest BCUT2D eigenvalue weighted by Gasteiger charge is 2.21. The van der Waals surface area contributed by atoms with Gasteiger partial charge in [0.05, 0.1) is 16.9 Å². The number of hydrogen-bond acceptors (Lipinski definition) is 3. The van der Waals surface area contributed by atoms with Crippen LogP contribution in [0.3, 0.4) is 0 Å². The molecule has 1 heterocycles. The van der Waals surface area contributed by atoms with E-state index in [-0.39, 0.29) is 23.1 Å². The minimum absolute atomic E-state index is 0.148. The Labute approximate surface area is 109 Å². The smallest absolute Gasteiger partial charge is 0.180 e. The summed E-state index contributed by atoms with van der Waals surface area (Å²) < 4.78 is 14.4. The fourth-order valence-corrected chi connectivity index (χ4v) is 2.00. The van der Waals surface area contributed by atoms with Crippen molar-refractivity contribution < 1.29 is 14.0 Å². The first-order valence-electron chi connectivity index (χ1n) is 5.79. The molecule has 0 aliphatic heterocycles. The van der Waals surface area contributed by atoms with Crippen LogP contribution in [0.1, 0.15) is 40.4 Å². The van der Waals surface area contributed by atoms with Crippen LogP contribution in [0.5, 0.6) is 0 Å². The molecule has 0 unspecified atom stereocenters. The first-order chi connectivity index (χ1) is 8.91. The Morgan fingerprint density at radius 1 is 1.11 bits per heavy atom. The maximum Gasteiger partial charge on any atom is 0.180 e. The van der Waals surface area contributed by atoms with E-state index in [1.807, 2.05) is 0 Å². The Bertz CT molecular complexity index is 657. The lowest BCUT2D eigenvalue weighted by Gasteiger charge is -2.04. The van der Waals surface area contributed by atoms with Crippen molar-refractivity contribution in [2.24, 2.45) is 0 Å². The van der Waals surface area contributed by atoms with Gasteiger partial charge in [-0.15, -0.1) is 0 Å². The summed E-state index contributed by atoms with van der Waals surface area (Å²) in [5, 5.41) is 4.15. The Balaban J connectivity index is 2.65. The summed E-state index contributed by atoms with van der Waals surface area (Å²) in [5.41, 5.74) is 1.64. The number of Topliss-reactive ketones (excluding diaryl/α,β-unsaturated/α-hetero) is 2. The van der Waals surface area contributed by atoms with Gasteiger partial charge < -0.3 is 0 Å². The van der Waals surface area contributed by atoms with E-state index in [0.29, 0.717) is 16.9 Å². The van der Waals surface area contributed by atoms with E-state index in [1.165, 1.54) is 30.7 Å². The molecule has 98 valence electrons. The van der Waals surface area contributed by atoms with Crippen LogP contribution < -0.4 is 0 Å². The Kier molecular flexibility index (Phi) is 3.29. The van der Waals surface area contributed by atoms with Crippen LogP contribution in [0.4, 0.5) is 4.39 Å². The van der Waals surface area contributed by atoms with Gasteiger partial charge in [-0.3, -0.25) is 9.59 Å². The molecule has 0 saturated carbocycles. The van der Waals surface area contributed by atoms with Gasteiger partial charge in [0.15, 0.2) is 11.6 Å². The van der Waals surface area contributed by atoms with Crippen molar-refractivity contribution in [3.05, 3.63) is 47.0 Å². The molecular formula is C14H13FN2O2. The van der Waals surface area contributed by atoms with Crippen molar-refractivity contribution in [2.45, 2.75) is 20.8 Å². The van der Waals surface area contributed by atoms with Crippen molar-refractivity contribution in [2.75, 3.05) is 0 Å². The number of nitrogens with zero attached hydrogens (tertiary/aromatic N) is 2. The number of hydrogen-bond donors (Lipinski definition) is 0. The van der Waals surface area contributed by atoms with Crippen LogP contribution in [-0.4, -0.2) is 21.3 Å². The van der Waals surface area contributed by atoms with E-state index < -0.39 is 0 Å². The van der Waals surface area contributed by atoms with Gasteiger partial charge in [0.1, 0.15) is 11.5 Å². The van der Waals surface area contributed by atoms with Crippen LogP contribution in [0, 0.1) is 12.7 Å². The van der Waals surface area contributed by atoms with E-state index in [1.54, 1.807) is 19.1 Å². The van der Waals surface area contributed by atoms with Crippen molar-refractivity contribution >= 4 is 11.6 Å². The quantitative estimate of drug-likeness (QED) is 0.797. The molecule has 0 aliphatic rings. The zero-order valence-corrected chi connectivity index (χ0v) is 10.9. The van der Waals surface area contributed by atoms with Crippen LogP contribution in [0.15, 0.2) is 24.3 Å². The number of halogens is 1. The van der Waals surface area contributed by atoms with E-state index in [4.69, 9.17) is 0 Å².